The topological polar surface area (TPSA) is 55.1 Å². The summed E-state index contributed by atoms with van der Waals surface area (Å²) >= 11 is 0. The van der Waals surface area contributed by atoms with Crippen molar-refractivity contribution >= 4 is 5.91 Å². The summed E-state index contributed by atoms with van der Waals surface area (Å²) in [6, 6.07) is 7.47. The predicted octanol–water partition coefficient (Wildman–Crippen LogP) is 2.06. The Labute approximate surface area is 102 Å². The van der Waals surface area contributed by atoms with Gasteiger partial charge in [0.1, 0.15) is 0 Å². The van der Waals surface area contributed by atoms with Gasteiger partial charge in [-0.05, 0) is 50.3 Å². The molecule has 1 aliphatic rings. The fourth-order valence-corrected chi connectivity index (χ4v) is 2.07. The highest BCUT2D eigenvalue weighted by Crippen LogP contribution is 2.39. The number of benzene rings is 1. The maximum absolute atomic E-state index is 10.9. The molecule has 1 amide bonds. The first-order valence-corrected chi connectivity index (χ1v) is 6.13. The van der Waals surface area contributed by atoms with E-state index in [0.717, 1.165) is 12.5 Å². The van der Waals surface area contributed by atoms with Crippen molar-refractivity contribution in [3.05, 3.63) is 35.4 Å². The van der Waals surface area contributed by atoms with E-state index >= 15 is 0 Å². The van der Waals surface area contributed by atoms with Crippen molar-refractivity contribution in [2.75, 3.05) is 0 Å². The highest BCUT2D eigenvalue weighted by Gasteiger charge is 2.36. The molecule has 0 atom stereocenters. The maximum Gasteiger partial charge on any atom is 0.248 e. The van der Waals surface area contributed by atoms with Gasteiger partial charge < -0.3 is 11.1 Å². The molecule has 3 nitrogen and oxygen atoms in total. The Kier molecular flexibility index (Phi) is 3.20. The van der Waals surface area contributed by atoms with Crippen LogP contribution in [0, 0.1) is 5.92 Å². The van der Waals surface area contributed by atoms with E-state index in [9.17, 15) is 4.79 Å². The van der Waals surface area contributed by atoms with Crippen molar-refractivity contribution < 1.29 is 4.79 Å². The van der Waals surface area contributed by atoms with Crippen LogP contribution in [0.1, 0.15) is 42.6 Å². The van der Waals surface area contributed by atoms with Crippen LogP contribution in [-0.4, -0.2) is 11.4 Å². The van der Waals surface area contributed by atoms with Gasteiger partial charge in [-0.2, -0.15) is 0 Å². The molecule has 1 fully saturated rings. The molecule has 1 aliphatic carbocycles. The molecular formula is C14H20N2O. The number of nitrogens with one attached hydrogen (secondary N) is 1. The second-order valence-corrected chi connectivity index (χ2v) is 5.41. The molecule has 92 valence electrons. The molecule has 1 aromatic carbocycles. The zero-order chi connectivity index (χ0) is 12.5. The summed E-state index contributed by atoms with van der Waals surface area (Å²) in [4.78, 5) is 10.9. The number of primary amides is 1. The summed E-state index contributed by atoms with van der Waals surface area (Å²) in [5.41, 5.74) is 7.16. The molecule has 0 spiro atoms. The number of carbonyl (C=O) groups is 1. The van der Waals surface area contributed by atoms with Crippen molar-refractivity contribution in [2.45, 2.75) is 38.8 Å². The van der Waals surface area contributed by atoms with E-state index < -0.39 is 0 Å². The van der Waals surface area contributed by atoms with Gasteiger partial charge in [-0.25, -0.2) is 0 Å². The van der Waals surface area contributed by atoms with Crippen molar-refractivity contribution in [2.24, 2.45) is 11.7 Å². The monoisotopic (exact) mass is 232 g/mol. The van der Waals surface area contributed by atoms with Crippen LogP contribution in [0.5, 0.6) is 0 Å². The number of nitrogens with two attached hydrogens (primary N) is 1. The van der Waals surface area contributed by atoms with Crippen LogP contribution >= 0.6 is 0 Å². The number of hydrogen-bond acceptors (Lipinski definition) is 2. The lowest BCUT2D eigenvalue weighted by Crippen LogP contribution is -2.40. The fraction of sp³-hybridized carbons (Fsp3) is 0.500. The first-order valence-electron chi connectivity index (χ1n) is 6.13. The highest BCUT2D eigenvalue weighted by atomic mass is 16.1. The molecule has 0 aliphatic heterocycles. The average molecular weight is 232 g/mol. The van der Waals surface area contributed by atoms with E-state index in [4.69, 9.17) is 5.73 Å². The van der Waals surface area contributed by atoms with E-state index in [1.807, 2.05) is 12.1 Å². The third-order valence-corrected chi connectivity index (χ3v) is 3.58. The molecule has 1 saturated carbocycles. The van der Waals surface area contributed by atoms with Crippen molar-refractivity contribution in [3.63, 3.8) is 0 Å². The van der Waals surface area contributed by atoms with Gasteiger partial charge in [-0.15, -0.1) is 0 Å². The van der Waals surface area contributed by atoms with E-state index in [0.29, 0.717) is 5.56 Å². The lowest BCUT2D eigenvalue weighted by atomic mass is 9.98. The van der Waals surface area contributed by atoms with Gasteiger partial charge in [0, 0.05) is 17.6 Å². The van der Waals surface area contributed by atoms with Crippen molar-refractivity contribution in [3.8, 4) is 0 Å². The van der Waals surface area contributed by atoms with Gasteiger partial charge in [0.2, 0.25) is 5.91 Å². The van der Waals surface area contributed by atoms with Crippen LogP contribution in [0.3, 0.4) is 0 Å². The maximum atomic E-state index is 10.9. The third-order valence-electron chi connectivity index (χ3n) is 3.58. The van der Waals surface area contributed by atoms with Crippen LogP contribution in [0.15, 0.2) is 24.3 Å². The molecule has 3 N–H and O–H groups in total. The summed E-state index contributed by atoms with van der Waals surface area (Å²) in [6.07, 6.45) is 2.67. The zero-order valence-corrected chi connectivity index (χ0v) is 10.5. The lowest BCUT2D eigenvalue weighted by Gasteiger charge is -2.26. The molecule has 0 aromatic heterocycles. The van der Waals surface area contributed by atoms with Gasteiger partial charge >= 0.3 is 0 Å². The Bertz CT molecular complexity index is 405. The Balaban J connectivity index is 1.92. The first-order chi connectivity index (χ1) is 7.99. The van der Waals surface area contributed by atoms with E-state index in [-0.39, 0.29) is 11.4 Å². The Morgan fingerprint density at radius 3 is 2.41 bits per heavy atom. The Morgan fingerprint density at radius 2 is 1.94 bits per heavy atom. The minimum absolute atomic E-state index is 0.211. The zero-order valence-electron chi connectivity index (χ0n) is 10.5. The average Bonchev–Trinajstić information content (AvgIpc) is 3.11. The van der Waals surface area contributed by atoms with Gasteiger partial charge in [0.25, 0.3) is 0 Å². The Morgan fingerprint density at radius 1 is 1.35 bits per heavy atom. The summed E-state index contributed by atoms with van der Waals surface area (Å²) in [5, 5.41) is 3.57. The molecule has 0 radical (unpaired) electrons. The molecule has 3 heteroatoms. The van der Waals surface area contributed by atoms with Gasteiger partial charge in [-0.1, -0.05) is 12.1 Å². The van der Waals surface area contributed by atoms with E-state index in [1.54, 1.807) is 12.1 Å². The highest BCUT2D eigenvalue weighted by molar-refractivity contribution is 5.92. The van der Waals surface area contributed by atoms with Crippen molar-refractivity contribution in [1.29, 1.82) is 0 Å². The molecule has 17 heavy (non-hydrogen) atoms. The third kappa shape index (κ3) is 3.07. The minimum atomic E-state index is -0.372. The molecule has 1 aromatic rings. The van der Waals surface area contributed by atoms with Gasteiger partial charge in [-0.3, -0.25) is 4.79 Å². The summed E-state index contributed by atoms with van der Waals surface area (Å²) in [6.45, 7) is 5.34. The smallest absolute Gasteiger partial charge is 0.248 e. The molecule has 0 heterocycles. The quantitative estimate of drug-likeness (QED) is 0.816. The minimum Gasteiger partial charge on any atom is -0.366 e. The van der Waals surface area contributed by atoms with Crippen LogP contribution in [0.25, 0.3) is 0 Å². The van der Waals surface area contributed by atoms with Crippen LogP contribution in [0.4, 0.5) is 0 Å². The number of amides is 1. The molecule has 2 rings (SSSR count). The van der Waals surface area contributed by atoms with Crippen LogP contribution in [0.2, 0.25) is 0 Å². The lowest BCUT2D eigenvalue weighted by molar-refractivity contribution is 0.100. The van der Waals surface area contributed by atoms with Crippen molar-refractivity contribution in [1.82, 2.24) is 5.32 Å². The summed E-state index contributed by atoms with van der Waals surface area (Å²) < 4.78 is 0. The summed E-state index contributed by atoms with van der Waals surface area (Å²) in [5.74, 6) is 0.440. The number of rotatable bonds is 5. The second kappa shape index (κ2) is 4.49. The van der Waals surface area contributed by atoms with Crippen LogP contribution in [-0.2, 0) is 6.54 Å². The number of hydrogen-bond donors (Lipinski definition) is 2. The standard InChI is InChI=1S/C14H20N2O/c1-14(2,12-7-8-12)16-9-10-3-5-11(6-4-10)13(15)17/h3-6,12,16H,7-9H2,1-2H3,(H2,15,17). The predicted molar refractivity (Wildman–Crippen MR) is 68.6 cm³/mol. The normalized spacial score (nSPS) is 15.9. The van der Waals surface area contributed by atoms with Gasteiger partial charge in [0.15, 0.2) is 0 Å². The molecule has 0 unspecified atom stereocenters. The van der Waals surface area contributed by atoms with E-state index in [1.165, 1.54) is 18.4 Å². The van der Waals surface area contributed by atoms with Crippen LogP contribution < -0.4 is 11.1 Å². The molecular weight excluding hydrogens is 212 g/mol. The summed E-state index contributed by atoms with van der Waals surface area (Å²) in [7, 11) is 0. The molecule has 0 bridgehead atoms. The molecule has 0 saturated heterocycles. The second-order valence-electron chi connectivity index (χ2n) is 5.41. The van der Waals surface area contributed by atoms with Gasteiger partial charge in [0.05, 0.1) is 0 Å². The SMILES string of the molecule is CC(C)(NCc1ccc(C(N)=O)cc1)C1CC1. The Hall–Kier alpha value is -1.35. The largest absolute Gasteiger partial charge is 0.366 e. The number of carbonyl (C=O) groups excluding carboxylic acids is 1. The first kappa shape index (κ1) is 12.1. The van der Waals surface area contributed by atoms with E-state index in [2.05, 4.69) is 19.2 Å². The fourth-order valence-electron chi connectivity index (χ4n) is 2.07.